The molecule has 0 spiro atoms. The van der Waals surface area contributed by atoms with Crippen molar-refractivity contribution in [2.75, 3.05) is 18.8 Å². The van der Waals surface area contributed by atoms with Crippen LogP contribution in [0, 0.1) is 0 Å². The van der Waals surface area contributed by atoms with Gasteiger partial charge in [0.05, 0.1) is 5.75 Å². The predicted molar refractivity (Wildman–Crippen MR) is 53.2 cm³/mol. The van der Waals surface area contributed by atoms with Crippen LogP contribution in [-0.4, -0.2) is 43.3 Å². The average Bonchev–Trinajstić information content (AvgIpc) is 2.62. The maximum absolute atomic E-state index is 12.9. The summed E-state index contributed by atoms with van der Waals surface area (Å²) in [5.41, 5.74) is 2.77. The van der Waals surface area contributed by atoms with Crippen LogP contribution >= 0.6 is 0 Å². The largest absolute Gasteiger partial charge is 0.409 e. The minimum absolute atomic E-state index is 0.104. The Morgan fingerprint density at radius 2 is 2.00 bits per heavy atom. The van der Waals surface area contributed by atoms with Gasteiger partial charge < -0.3 is 5.73 Å². The van der Waals surface area contributed by atoms with Gasteiger partial charge in [0, 0.05) is 13.1 Å². The van der Waals surface area contributed by atoms with Crippen LogP contribution in [0.1, 0.15) is 19.8 Å². The first-order chi connectivity index (χ1) is 7.21. The van der Waals surface area contributed by atoms with Crippen molar-refractivity contribution in [1.29, 1.82) is 0 Å². The number of hydrogen-bond acceptors (Lipinski definition) is 3. The van der Waals surface area contributed by atoms with Gasteiger partial charge in [0.1, 0.15) is 5.54 Å². The average molecular weight is 260 g/mol. The Balaban J connectivity index is 3.21. The standard InChI is InChI=1S/C8H15F3N2O2S/c1-2-16(14,15)13-5-3-4-7(13,6-12)8(9,10)11/h2-6,12H2,1H3. The second-order valence-corrected chi connectivity index (χ2v) is 5.99. The van der Waals surface area contributed by atoms with Gasteiger partial charge >= 0.3 is 6.18 Å². The van der Waals surface area contributed by atoms with E-state index >= 15 is 0 Å². The van der Waals surface area contributed by atoms with E-state index in [1.807, 2.05) is 0 Å². The highest BCUT2D eigenvalue weighted by atomic mass is 32.2. The SMILES string of the molecule is CCS(=O)(=O)N1CCCC1(CN)C(F)(F)F. The monoisotopic (exact) mass is 260 g/mol. The smallest absolute Gasteiger partial charge is 0.328 e. The summed E-state index contributed by atoms with van der Waals surface area (Å²) in [6.45, 7) is 0.494. The highest BCUT2D eigenvalue weighted by Crippen LogP contribution is 2.43. The molecule has 0 aromatic carbocycles. The Kier molecular flexibility index (Phi) is 3.56. The minimum Gasteiger partial charge on any atom is -0.328 e. The zero-order chi connectivity index (χ0) is 12.6. The molecule has 0 aromatic heterocycles. The molecular formula is C8H15F3N2O2S. The Hall–Kier alpha value is -0.340. The van der Waals surface area contributed by atoms with E-state index in [1.165, 1.54) is 6.92 Å². The lowest BCUT2D eigenvalue weighted by Crippen LogP contribution is -2.61. The van der Waals surface area contributed by atoms with E-state index in [0.29, 0.717) is 4.31 Å². The maximum atomic E-state index is 12.9. The molecular weight excluding hydrogens is 245 g/mol. The van der Waals surface area contributed by atoms with E-state index in [4.69, 9.17) is 5.73 Å². The number of nitrogens with two attached hydrogens (primary N) is 1. The lowest BCUT2D eigenvalue weighted by molar-refractivity contribution is -0.206. The van der Waals surface area contributed by atoms with Crippen LogP contribution < -0.4 is 5.73 Å². The summed E-state index contributed by atoms with van der Waals surface area (Å²) in [4.78, 5) is 0. The molecule has 8 heteroatoms. The third-order valence-electron chi connectivity index (χ3n) is 2.99. The summed E-state index contributed by atoms with van der Waals surface area (Å²) < 4.78 is 62.6. The molecule has 1 rings (SSSR count). The van der Waals surface area contributed by atoms with Crippen molar-refractivity contribution < 1.29 is 21.6 Å². The van der Waals surface area contributed by atoms with Gasteiger partial charge in [-0.2, -0.15) is 17.5 Å². The zero-order valence-corrected chi connectivity index (χ0v) is 9.74. The molecule has 1 atom stereocenters. The number of alkyl halides is 3. The fraction of sp³-hybridized carbons (Fsp3) is 1.00. The first-order valence-corrected chi connectivity index (χ1v) is 6.59. The Bertz CT molecular complexity index is 355. The van der Waals surface area contributed by atoms with Crippen LogP contribution in [0.3, 0.4) is 0 Å². The summed E-state index contributed by atoms with van der Waals surface area (Å²) in [6.07, 6.45) is -4.69. The van der Waals surface area contributed by atoms with Crippen LogP contribution in [-0.2, 0) is 10.0 Å². The molecule has 0 aromatic rings. The van der Waals surface area contributed by atoms with Crippen molar-refractivity contribution in [1.82, 2.24) is 4.31 Å². The molecule has 1 fully saturated rings. The summed E-state index contributed by atoms with van der Waals surface area (Å²) in [6, 6.07) is 0. The van der Waals surface area contributed by atoms with Crippen LogP contribution in [0.2, 0.25) is 0 Å². The molecule has 4 nitrogen and oxygen atoms in total. The molecule has 1 unspecified atom stereocenters. The summed E-state index contributed by atoms with van der Waals surface area (Å²) in [5.74, 6) is -0.342. The zero-order valence-electron chi connectivity index (χ0n) is 8.92. The lowest BCUT2D eigenvalue weighted by Gasteiger charge is -2.37. The Labute approximate surface area is 92.6 Å². The second kappa shape index (κ2) is 4.15. The summed E-state index contributed by atoms with van der Waals surface area (Å²) in [5, 5.41) is 0. The normalized spacial score (nSPS) is 28.6. The van der Waals surface area contributed by atoms with E-state index in [9.17, 15) is 21.6 Å². The molecule has 0 aliphatic carbocycles. The van der Waals surface area contributed by atoms with Crippen LogP contribution in [0.15, 0.2) is 0 Å². The topological polar surface area (TPSA) is 63.4 Å². The number of rotatable bonds is 3. The molecule has 96 valence electrons. The summed E-state index contributed by atoms with van der Waals surface area (Å²) in [7, 11) is -3.87. The van der Waals surface area contributed by atoms with Gasteiger partial charge in [0.25, 0.3) is 0 Å². The van der Waals surface area contributed by atoms with E-state index in [1.54, 1.807) is 0 Å². The number of nitrogens with zero attached hydrogens (tertiary/aromatic N) is 1. The van der Waals surface area contributed by atoms with Gasteiger partial charge in [-0.1, -0.05) is 0 Å². The predicted octanol–water partition coefficient (Wildman–Crippen LogP) is 0.692. The lowest BCUT2D eigenvalue weighted by atomic mass is 9.97. The van der Waals surface area contributed by atoms with E-state index in [-0.39, 0.29) is 25.1 Å². The molecule has 0 saturated carbocycles. The van der Waals surface area contributed by atoms with Gasteiger partial charge in [0.15, 0.2) is 0 Å². The maximum Gasteiger partial charge on any atom is 0.409 e. The third-order valence-corrected chi connectivity index (χ3v) is 4.93. The van der Waals surface area contributed by atoms with E-state index in [2.05, 4.69) is 0 Å². The Morgan fingerprint density at radius 1 is 1.44 bits per heavy atom. The van der Waals surface area contributed by atoms with Crippen molar-refractivity contribution in [2.45, 2.75) is 31.5 Å². The fourth-order valence-electron chi connectivity index (χ4n) is 2.02. The van der Waals surface area contributed by atoms with Gasteiger partial charge in [-0.25, -0.2) is 8.42 Å². The fourth-order valence-corrected chi connectivity index (χ4v) is 3.54. The number of sulfonamides is 1. The Morgan fingerprint density at radius 3 is 2.38 bits per heavy atom. The van der Waals surface area contributed by atoms with Crippen LogP contribution in [0.4, 0.5) is 13.2 Å². The first-order valence-electron chi connectivity index (χ1n) is 4.98. The highest BCUT2D eigenvalue weighted by molar-refractivity contribution is 7.89. The van der Waals surface area contributed by atoms with Gasteiger partial charge in [-0.3, -0.25) is 0 Å². The number of halogens is 3. The van der Waals surface area contributed by atoms with Crippen molar-refractivity contribution in [3.63, 3.8) is 0 Å². The number of hydrogen-bond donors (Lipinski definition) is 1. The van der Waals surface area contributed by atoms with E-state index < -0.39 is 28.3 Å². The third kappa shape index (κ3) is 1.93. The second-order valence-electron chi connectivity index (χ2n) is 3.81. The summed E-state index contributed by atoms with van der Waals surface area (Å²) >= 11 is 0. The molecule has 16 heavy (non-hydrogen) atoms. The van der Waals surface area contributed by atoms with Gasteiger partial charge in [-0.15, -0.1) is 0 Å². The molecule has 1 heterocycles. The molecule has 0 bridgehead atoms. The van der Waals surface area contributed by atoms with Crippen molar-refractivity contribution in [3.8, 4) is 0 Å². The quantitative estimate of drug-likeness (QED) is 0.812. The molecule has 1 aliphatic rings. The van der Waals surface area contributed by atoms with Gasteiger partial charge in [-0.05, 0) is 19.8 Å². The van der Waals surface area contributed by atoms with Crippen molar-refractivity contribution in [2.24, 2.45) is 5.73 Å². The molecule has 0 amide bonds. The minimum atomic E-state index is -4.62. The molecule has 1 aliphatic heterocycles. The highest BCUT2D eigenvalue weighted by Gasteiger charge is 2.62. The molecule has 2 N–H and O–H groups in total. The van der Waals surface area contributed by atoms with E-state index in [0.717, 1.165) is 0 Å². The van der Waals surface area contributed by atoms with Crippen molar-refractivity contribution in [3.05, 3.63) is 0 Å². The molecule has 1 saturated heterocycles. The molecule has 0 radical (unpaired) electrons. The van der Waals surface area contributed by atoms with Crippen molar-refractivity contribution >= 4 is 10.0 Å². The van der Waals surface area contributed by atoms with Crippen LogP contribution in [0.5, 0.6) is 0 Å². The van der Waals surface area contributed by atoms with Crippen LogP contribution in [0.25, 0.3) is 0 Å². The first kappa shape index (κ1) is 13.7. The van der Waals surface area contributed by atoms with Gasteiger partial charge in [0.2, 0.25) is 10.0 Å².